The highest BCUT2D eigenvalue weighted by molar-refractivity contribution is 5.79. The first-order valence-electron chi connectivity index (χ1n) is 4.12. The number of benzene rings is 1. The van der Waals surface area contributed by atoms with Gasteiger partial charge in [0.2, 0.25) is 5.78 Å². The van der Waals surface area contributed by atoms with Crippen molar-refractivity contribution in [3.05, 3.63) is 42.9 Å². The molecule has 0 atom stereocenters. The van der Waals surface area contributed by atoms with Gasteiger partial charge in [0.1, 0.15) is 0 Å². The smallest absolute Gasteiger partial charge is 0.234 e. The second-order valence-corrected chi connectivity index (χ2v) is 2.91. The van der Waals surface area contributed by atoms with E-state index in [2.05, 4.69) is 16.0 Å². The molecule has 0 saturated carbocycles. The van der Waals surface area contributed by atoms with Gasteiger partial charge in [0.15, 0.2) is 0 Å². The lowest BCUT2D eigenvalue weighted by Crippen LogP contribution is -1.89. The molecule has 0 aliphatic carbocycles. The maximum Gasteiger partial charge on any atom is 0.234 e. The van der Waals surface area contributed by atoms with Crippen molar-refractivity contribution < 1.29 is 0 Å². The van der Waals surface area contributed by atoms with Gasteiger partial charge in [-0.05, 0) is 6.07 Å². The maximum atomic E-state index is 4.22. The predicted octanol–water partition coefficient (Wildman–Crippen LogP) is 1.88. The summed E-state index contributed by atoms with van der Waals surface area (Å²) in [6, 6.07) is 8.13. The fraction of sp³-hybridized carbons (Fsp3) is 0. The van der Waals surface area contributed by atoms with Gasteiger partial charge in [-0.25, -0.2) is 9.97 Å². The summed E-state index contributed by atoms with van der Waals surface area (Å²) in [6.45, 7) is 0. The van der Waals surface area contributed by atoms with E-state index in [1.807, 2.05) is 35.0 Å². The van der Waals surface area contributed by atoms with Crippen LogP contribution in [0.25, 0.3) is 16.7 Å². The van der Waals surface area contributed by atoms with Crippen molar-refractivity contribution in [2.45, 2.75) is 0 Å². The lowest BCUT2D eigenvalue weighted by Gasteiger charge is -1.98. The molecule has 2 heterocycles. The number of rotatable bonds is 0. The molecular formula is C10H7N3. The number of para-hydroxylation sites is 1. The fourth-order valence-electron chi connectivity index (χ4n) is 1.52. The summed E-state index contributed by atoms with van der Waals surface area (Å²) in [6.07, 6.45) is 5.52. The Morgan fingerprint density at radius 3 is 3.00 bits per heavy atom. The zero-order valence-corrected chi connectivity index (χ0v) is 6.88. The van der Waals surface area contributed by atoms with E-state index in [1.54, 1.807) is 6.20 Å². The van der Waals surface area contributed by atoms with Crippen molar-refractivity contribution in [2.75, 3.05) is 0 Å². The average molecular weight is 169 g/mol. The minimum absolute atomic E-state index is 0.749. The molecule has 62 valence electrons. The lowest BCUT2D eigenvalue weighted by molar-refractivity contribution is 1.17. The molecule has 0 amide bonds. The summed E-state index contributed by atoms with van der Waals surface area (Å²) in [5.41, 5.74) is 1.14. The number of fused-ring (bicyclic) bond motifs is 3. The van der Waals surface area contributed by atoms with E-state index >= 15 is 0 Å². The Morgan fingerprint density at radius 2 is 2.00 bits per heavy atom. The number of hydrogen-bond donors (Lipinski definition) is 0. The summed E-state index contributed by atoms with van der Waals surface area (Å²) in [5.74, 6) is 0.749. The summed E-state index contributed by atoms with van der Waals surface area (Å²) in [7, 11) is 0. The molecule has 0 bridgehead atoms. The number of nitrogens with zero attached hydrogens (tertiary/aromatic N) is 3. The standard InChI is InChI=1S/C10H7N3/c1-2-4-9-8(3-1)7-12-10-11-5-6-13(9)10/h1-7H. The van der Waals surface area contributed by atoms with Gasteiger partial charge in [0, 0.05) is 24.0 Å². The van der Waals surface area contributed by atoms with Gasteiger partial charge in [-0.15, -0.1) is 0 Å². The molecule has 2 aromatic heterocycles. The highest BCUT2D eigenvalue weighted by Crippen LogP contribution is 2.12. The van der Waals surface area contributed by atoms with Gasteiger partial charge in [0.05, 0.1) is 5.52 Å². The quantitative estimate of drug-likeness (QED) is 0.514. The average Bonchev–Trinajstić information content (AvgIpc) is 2.65. The molecule has 0 aliphatic heterocycles. The van der Waals surface area contributed by atoms with Crippen molar-refractivity contribution in [3.8, 4) is 0 Å². The molecule has 3 aromatic rings. The molecule has 3 nitrogen and oxygen atoms in total. The summed E-state index contributed by atoms with van der Waals surface area (Å²) >= 11 is 0. The second-order valence-electron chi connectivity index (χ2n) is 2.91. The minimum atomic E-state index is 0.749. The van der Waals surface area contributed by atoms with E-state index in [4.69, 9.17) is 0 Å². The van der Waals surface area contributed by atoms with Crippen LogP contribution in [0.3, 0.4) is 0 Å². The lowest BCUT2D eigenvalue weighted by atomic mass is 10.2. The number of aromatic nitrogens is 3. The normalized spacial score (nSPS) is 11.1. The van der Waals surface area contributed by atoms with Crippen molar-refractivity contribution in [1.29, 1.82) is 0 Å². The van der Waals surface area contributed by atoms with Crippen molar-refractivity contribution >= 4 is 16.7 Å². The minimum Gasteiger partial charge on any atom is -0.284 e. The number of hydrogen-bond acceptors (Lipinski definition) is 2. The van der Waals surface area contributed by atoms with Crippen LogP contribution in [0.5, 0.6) is 0 Å². The second kappa shape index (κ2) is 2.29. The third-order valence-corrected chi connectivity index (χ3v) is 2.14. The Bertz CT molecular complexity index is 568. The predicted molar refractivity (Wildman–Crippen MR) is 50.5 cm³/mol. The Hall–Kier alpha value is -1.90. The first-order chi connectivity index (χ1) is 6.45. The summed E-state index contributed by atoms with van der Waals surface area (Å²) in [5, 5.41) is 1.13. The number of imidazole rings is 1. The zero-order valence-electron chi connectivity index (χ0n) is 6.88. The Kier molecular flexibility index (Phi) is 1.16. The van der Waals surface area contributed by atoms with E-state index in [0.29, 0.717) is 0 Å². The molecule has 0 spiro atoms. The molecule has 0 aliphatic rings. The van der Waals surface area contributed by atoms with E-state index in [1.165, 1.54) is 0 Å². The SMILES string of the molecule is c1ccc2c(c1)cnc1nccn12. The van der Waals surface area contributed by atoms with Gasteiger partial charge >= 0.3 is 0 Å². The molecule has 0 saturated heterocycles. The molecule has 0 radical (unpaired) electrons. The summed E-state index contributed by atoms with van der Waals surface area (Å²) < 4.78 is 1.98. The van der Waals surface area contributed by atoms with Crippen LogP contribution in [0.4, 0.5) is 0 Å². The van der Waals surface area contributed by atoms with E-state index in [0.717, 1.165) is 16.7 Å². The van der Waals surface area contributed by atoms with Gasteiger partial charge in [0.25, 0.3) is 0 Å². The van der Waals surface area contributed by atoms with Gasteiger partial charge < -0.3 is 0 Å². The van der Waals surface area contributed by atoms with Crippen LogP contribution < -0.4 is 0 Å². The van der Waals surface area contributed by atoms with E-state index in [-0.39, 0.29) is 0 Å². The monoisotopic (exact) mass is 169 g/mol. The van der Waals surface area contributed by atoms with Gasteiger partial charge in [-0.2, -0.15) is 0 Å². The molecular weight excluding hydrogens is 162 g/mol. The van der Waals surface area contributed by atoms with Gasteiger partial charge in [-0.1, -0.05) is 18.2 Å². The first-order valence-corrected chi connectivity index (χ1v) is 4.12. The third kappa shape index (κ3) is 0.839. The van der Waals surface area contributed by atoms with Crippen LogP contribution in [0.15, 0.2) is 42.9 Å². The van der Waals surface area contributed by atoms with Crippen LogP contribution in [0.1, 0.15) is 0 Å². The Labute approximate surface area is 74.7 Å². The van der Waals surface area contributed by atoms with Crippen molar-refractivity contribution in [1.82, 2.24) is 14.4 Å². The van der Waals surface area contributed by atoms with Crippen LogP contribution in [-0.4, -0.2) is 14.4 Å². The molecule has 13 heavy (non-hydrogen) atoms. The first kappa shape index (κ1) is 6.60. The molecule has 3 heteroatoms. The van der Waals surface area contributed by atoms with Gasteiger partial charge in [-0.3, -0.25) is 4.40 Å². The zero-order chi connectivity index (χ0) is 8.67. The molecule has 1 aromatic carbocycles. The highest BCUT2D eigenvalue weighted by atomic mass is 15.1. The van der Waals surface area contributed by atoms with Crippen molar-refractivity contribution in [3.63, 3.8) is 0 Å². The maximum absolute atomic E-state index is 4.22. The largest absolute Gasteiger partial charge is 0.284 e. The Balaban J connectivity index is 2.65. The third-order valence-electron chi connectivity index (χ3n) is 2.14. The van der Waals surface area contributed by atoms with Crippen LogP contribution in [-0.2, 0) is 0 Å². The topological polar surface area (TPSA) is 30.2 Å². The van der Waals surface area contributed by atoms with E-state index in [9.17, 15) is 0 Å². The van der Waals surface area contributed by atoms with Crippen LogP contribution in [0.2, 0.25) is 0 Å². The van der Waals surface area contributed by atoms with Crippen LogP contribution in [0, 0.1) is 0 Å². The molecule has 0 N–H and O–H groups in total. The highest BCUT2D eigenvalue weighted by Gasteiger charge is 1.98. The van der Waals surface area contributed by atoms with Crippen LogP contribution >= 0.6 is 0 Å². The molecule has 0 unspecified atom stereocenters. The van der Waals surface area contributed by atoms with E-state index < -0.39 is 0 Å². The van der Waals surface area contributed by atoms with Crippen molar-refractivity contribution in [2.24, 2.45) is 0 Å². The Morgan fingerprint density at radius 1 is 1.08 bits per heavy atom. The molecule has 3 rings (SSSR count). The molecule has 0 fully saturated rings. The fourth-order valence-corrected chi connectivity index (χ4v) is 1.52. The summed E-state index contributed by atoms with van der Waals surface area (Å²) in [4.78, 5) is 8.34.